The molecule has 0 radical (unpaired) electrons. The molecule has 0 amide bonds. The lowest BCUT2D eigenvalue weighted by Gasteiger charge is -2.42. The van der Waals surface area contributed by atoms with E-state index in [-0.39, 0.29) is 0 Å². The summed E-state index contributed by atoms with van der Waals surface area (Å²) in [7, 11) is 0. The fourth-order valence-electron chi connectivity index (χ4n) is 5.91. The minimum Gasteiger partial charge on any atom is -0.302 e. The Kier molecular flexibility index (Phi) is 22.4. The van der Waals surface area contributed by atoms with Gasteiger partial charge in [-0.25, -0.2) is 0 Å². The van der Waals surface area contributed by atoms with Crippen molar-refractivity contribution in [3.8, 4) is 0 Å². The lowest BCUT2D eigenvalue weighted by Crippen LogP contribution is -2.54. The van der Waals surface area contributed by atoms with Gasteiger partial charge in [0.25, 0.3) is 0 Å². The van der Waals surface area contributed by atoms with Crippen molar-refractivity contribution in [2.24, 2.45) is 0 Å². The maximum absolute atomic E-state index is 2.83. The van der Waals surface area contributed by atoms with Gasteiger partial charge in [0, 0.05) is 44.8 Å². The number of hydrogen-bond acceptors (Lipinski definition) is 3. The molecule has 0 spiro atoms. The van der Waals surface area contributed by atoms with Crippen LogP contribution in [-0.2, 0) is 0 Å². The topological polar surface area (TPSA) is 9.72 Å². The van der Waals surface area contributed by atoms with Crippen LogP contribution in [0.1, 0.15) is 163 Å². The number of rotatable bonds is 25. The normalized spacial score (nSPS) is 15.7. The molecule has 1 aliphatic heterocycles. The molecule has 0 aromatic heterocycles. The molecule has 0 unspecified atom stereocenters. The predicted octanol–water partition coefficient (Wildman–Crippen LogP) is 9.55. The van der Waals surface area contributed by atoms with Crippen molar-refractivity contribution in [3.63, 3.8) is 0 Å². The highest BCUT2D eigenvalue weighted by atomic mass is 15.3. The van der Waals surface area contributed by atoms with Gasteiger partial charge in [-0.1, -0.05) is 129 Å². The van der Waals surface area contributed by atoms with Crippen LogP contribution in [0.5, 0.6) is 0 Å². The van der Waals surface area contributed by atoms with Crippen molar-refractivity contribution in [1.82, 2.24) is 14.7 Å². The Labute approximate surface area is 235 Å². The van der Waals surface area contributed by atoms with Crippen molar-refractivity contribution in [2.45, 2.75) is 169 Å². The Hall–Kier alpha value is -0.120. The zero-order valence-corrected chi connectivity index (χ0v) is 26.6. The van der Waals surface area contributed by atoms with Crippen LogP contribution in [0.3, 0.4) is 0 Å². The zero-order valence-electron chi connectivity index (χ0n) is 26.6. The molecule has 0 N–H and O–H groups in total. The molecule has 0 aromatic rings. The van der Waals surface area contributed by atoms with Crippen LogP contribution >= 0.6 is 0 Å². The highest BCUT2D eigenvalue weighted by Crippen LogP contribution is 2.16. The van der Waals surface area contributed by atoms with Crippen molar-refractivity contribution < 1.29 is 0 Å². The Morgan fingerprint density at radius 1 is 0.459 bits per heavy atom. The molecule has 1 heterocycles. The molecule has 1 rings (SSSR count). The van der Waals surface area contributed by atoms with E-state index in [9.17, 15) is 0 Å². The van der Waals surface area contributed by atoms with Gasteiger partial charge in [-0.2, -0.15) is 0 Å². The Bertz CT molecular complexity index is 440. The zero-order chi connectivity index (χ0) is 27.0. The van der Waals surface area contributed by atoms with Crippen molar-refractivity contribution in [2.75, 3.05) is 52.4 Å². The first-order valence-electron chi connectivity index (χ1n) is 17.2. The van der Waals surface area contributed by atoms with Crippen molar-refractivity contribution in [3.05, 3.63) is 0 Å². The molecule has 3 nitrogen and oxygen atoms in total. The highest BCUT2D eigenvalue weighted by Gasteiger charge is 2.25. The van der Waals surface area contributed by atoms with Crippen LogP contribution < -0.4 is 0 Å². The van der Waals surface area contributed by atoms with Crippen LogP contribution in [-0.4, -0.2) is 72.6 Å². The lowest BCUT2D eigenvalue weighted by molar-refractivity contribution is 0.0572. The van der Waals surface area contributed by atoms with E-state index in [4.69, 9.17) is 0 Å². The molecule has 1 aliphatic rings. The fraction of sp³-hybridized carbons (Fsp3) is 1.00. The summed E-state index contributed by atoms with van der Waals surface area (Å²) in [6, 6.07) is 0. The Balaban J connectivity index is 2.21. The van der Waals surface area contributed by atoms with Gasteiger partial charge in [-0.15, -0.1) is 0 Å². The summed E-state index contributed by atoms with van der Waals surface area (Å²) >= 11 is 0. The molecule has 1 fully saturated rings. The van der Waals surface area contributed by atoms with Gasteiger partial charge >= 0.3 is 0 Å². The first-order valence-corrected chi connectivity index (χ1v) is 17.2. The quantitative estimate of drug-likeness (QED) is 0.111. The Morgan fingerprint density at radius 3 is 1.16 bits per heavy atom. The number of piperazine rings is 1. The maximum atomic E-state index is 2.83. The molecule has 0 aromatic carbocycles. The van der Waals surface area contributed by atoms with E-state index in [0.29, 0.717) is 5.54 Å². The SMILES string of the molecule is CCCCCCCCCCCCN(CCCCCCCCCCCC)CCN1CCN(C(C)(C)C)CC1. The second kappa shape index (κ2) is 23.7. The molecule has 0 atom stereocenters. The molecule has 222 valence electrons. The third kappa shape index (κ3) is 20.4. The van der Waals surface area contributed by atoms with Crippen LogP contribution in [0.15, 0.2) is 0 Å². The number of unbranched alkanes of at least 4 members (excludes halogenated alkanes) is 18. The largest absolute Gasteiger partial charge is 0.302 e. The highest BCUT2D eigenvalue weighted by molar-refractivity contribution is 4.82. The van der Waals surface area contributed by atoms with E-state index < -0.39 is 0 Å². The van der Waals surface area contributed by atoms with Gasteiger partial charge < -0.3 is 4.90 Å². The first-order chi connectivity index (χ1) is 18.0. The number of nitrogens with zero attached hydrogens (tertiary/aromatic N) is 3. The standard InChI is InChI=1S/C34H71N3/c1-6-8-10-12-14-16-18-20-22-24-26-35(27-25-23-21-19-17-15-13-11-9-7-2)28-29-36-30-32-37(33-31-36)34(3,4)5/h6-33H2,1-5H3. The van der Waals surface area contributed by atoms with Crippen molar-refractivity contribution in [1.29, 1.82) is 0 Å². The van der Waals surface area contributed by atoms with Crippen LogP contribution in [0.4, 0.5) is 0 Å². The Morgan fingerprint density at radius 2 is 0.811 bits per heavy atom. The van der Waals surface area contributed by atoms with E-state index in [1.165, 1.54) is 181 Å². The third-order valence-corrected chi connectivity index (χ3v) is 8.71. The van der Waals surface area contributed by atoms with E-state index in [2.05, 4.69) is 49.3 Å². The van der Waals surface area contributed by atoms with Crippen molar-refractivity contribution >= 4 is 0 Å². The van der Waals surface area contributed by atoms with Gasteiger partial charge in [0.15, 0.2) is 0 Å². The monoisotopic (exact) mass is 522 g/mol. The summed E-state index contributed by atoms with van der Waals surface area (Å²) in [6.07, 6.45) is 28.8. The lowest BCUT2D eigenvalue weighted by atomic mass is 10.0. The van der Waals surface area contributed by atoms with Gasteiger partial charge in [0.1, 0.15) is 0 Å². The van der Waals surface area contributed by atoms with Gasteiger partial charge in [-0.3, -0.25) is 9.80 Å². The summed E-state index contributed by atoms with van der Waals surface area (Å²) in [6.45, 7) is 21.9. The van der Waals surface area contributed by atoms with E-state index in [1.807, 2.05) is 0 Å². The van der Waals surface area contributed by atoms with E-state index >= 15 is 0 Å². The molecule has 0 aliphatic carbocycles. The molecule has 1 saturated heterocycles. The smallest absolute Gasteiger partial charge is 0.0126 e. The van der Waals surface area contributed by atoms with Crippen LogP contribution in [0.2, 0.25) is 0 Å². The van der Waals surface area contributed by atoms with E-state index in [0.717, 1.165) is 0 Å². The van der Waals surface area contributed by atoms with E-state index in [1.54, 1.807) is 0 Å². The second-order valence-electron chi connectivity index (χ2n) is 13.2. The third-order valence-electron chi connectivity index (χ3n) is 8.71. The summed E-state index contributed by atoms with van der Waals surface area (Å²) < 4.78 is 0. The molecule has 37 heavy (non-hydrogen) atoms. The summed E-state index contributed by atoms with van der Waals surface area (Å²) in [5, 5.41) is 0. The number of hydrogen-bond donors (Lipinski definition) is 0. The van der Waals surface area contributed by atoms with Crippen LogP contribution in [0.25, 0.3) is 0 Å². The molecular formula is C34H71N3. The minimum atomic E-state index is 0.323. The molecule has 3 heteroatoms. The second-order valence-corrected chi connectivity index (χ2v) is 13.2. The molecule has 0 saturated carbocycles. The first kappa shape index (κ1) is 34.9. The maximum Gasteiger partial charge on any atom is 0.0126 e. The van der Waals surface area contributed by atoms with Gasteiger partial charge in [-0.05, 0) is 46.7 Å². The van der Waals surface area contributed by atoms with Gasteiger partial charge in [0.2, 0.25) is 0 Å². The average molecular weight is 522 g/mol. The summed E-state index contributed by atoms with van der Waals surface area (Å²) in [4.78, 5) is 8.22. The van der Waals surface area contributed by atoms with Crippen LogP contribution in [0, 0.1) is 0 Å². The average Bonchev–Trinajstić information content (AvgIpc) is 2.88. The summed E-state index contributed by atoms with van der Waals surface area (Å²) in [5.41, 5.74) is 0.323. The molecule has 0 bridgehead atoms. The fourth-order valence-corrected chi connectivity index (χ4v) is 5.91. The van der Waals surface area contributed by atoms with Gasteiger partial charge in [0.05, 0.1) is 0 Å². The summed E-state index contributed by atoms with van der Waals surface area (Å²) in [5.74, 6) is 0. The predicted molar refractivity (Wildman–Crippen MR) is 168 cm³/mol. The molecular weight excluding hydrogens is 450 g/mol. The minimum absolute atomic E-state index is 0.323.